The van der Waals surface area contributed by atoms with E-state index >= 15 is 0 Å². The Morgan fingerprint density at radius 2 is 1.62 bits per heavy atom. The Morgan fingerprint density at radius 3 is 1.85 bits per heavy atom. The summed E-state index contributed by atoms with van der Waals surface area (Å²) in [4.78, 5) is 0. The molecule has 3 nitrogen and oxygen atoms in total. The van der Waals surface area contributed by atoms with Crippen molar-refractivity contribution in [1.82, 2.24) is 10.0 Å². The van der Waals surface area contributed by atoms with Gasteiger partial charge < -0.3 is 5.73 Å². The van der Waals surface area contributed by atoms with E-state index in [1.165, 1.54) is 32.5 Å². The first-order chi connectivity index (χ1) is 4.90. The van der Waals surface area contributed by atoms with Gasteiger partial charge in [-0.05, 0) is 18.8 Å². The molecule has 0 saturated carbocycles. The van der Waals surface area contributed by atoms with E-state index in [-0.39, 0.29) is 37.2 Å². The molecule has 0 aliphatic carbocycles. The van der Waals surface area contributed by atoms with E-state index < -0.39 is 0 Å². The fourth-order valence-electron chi connectivity index (χ4n) is 1.99. The number of nitrogens with two attached hydrogens (primary N) is 1. The molecule has 0 aromatic carbocycles. The lowest BCUT2D eigenvalue weighted by molar-refractivity contribution is -0.108. The first kappa shape index (κ1) is 16.2. The van der Waals surface area contributed by atoms with E-state index in [1.807, 2.05) is 0 Å². The number of hydrogen-bond donors (Lipinski definition) is 1. The van der Waals surface area contributed by atoms with Crippen molar-refractivity contribution in [3.8, 4) is 0 Å². The lowest BCUT2D eigenvalue weighted by Gasteiger charge is -2.46. The Balaban J connectivity index is 0. The molecule has 0 atom stereocenters. The zero-order chi connectivity index (χ0) is 6.97. The molecule has 6 heteroatoms. The fourth-order valence-corrected chi connectivity index (χ4v) is 1.99. The minimum atomic E-state index is 0. The second kappa shape index (κ2) is 7.10. The third-order valence-electron chi connectivity index (χ3n) is 2.67. The molecule has 3 aliphatic heterocycles. The van der Waals surface area contributed by atoms with E-state index in [1.54, 1.807) is 0 Å². The van der Waals surface area contributed by atoms with Crippen molar-refractivity contribution in [2.45, 2.75) is 12.8 Å². The summed E-state index contributed by atoms with van der Waals surface area (Å²) in [5.41, 5.74) is 5.57. The Morgan fingerprint density at radius 1 is 1.08 bits per heavy atom. The predicted molar refractivity (Wildman–Crippen MR) is 61.8 cm³/mol. The molecule has 0 radical (unpaired) electrons. The van der Waals surface area contributed by atoms with Gasteiger partial charge in [0.1, 0.15) is 0 Å². The minimum Gasteiger partial charge on any atom is -0.317 e. The summed E-state index contributed by atoms with van der Waals surface area (Å²) < 4.78 is 0. The van der Waals surface area contributed by atoms with Gasteiger partial charge in [0.2, 0.25) is 0 Å². The molecule has 3 heterocycles. The van der Waals surface area contributed by atoms with Gasteiger partial charge in [-0.1, -0.05) is 0 Å². The van der Waals surface area contributed by atoms with Crippen LogP contribution in [0.5, 0.6) is 0 Å². The highest BCUT2D eigenvalue weighted by atomic mass is 35.5. The zero-order valence-corrected chi connectivity index (χ0v) is 9.97. The van der Waals surface area contributed by atoms with Crippen molar-refractivity contribution in [2.24, 2.45) is 11.7 Å². The molecule has 3 rings (SSSR count). The van der Waals surface area contributed by atoms with Crippen LogP contribution in [0.2, 0.25) is 0 Å². The maximum Gasteiger partial charge on any atom is 0.0598 e. The quantitative estimate of drug-likeness (QED) is 0.757. The Labute approximate surface area is 98.2 Å². The molecule has 0 aromatic heterocycles. The van der Waals surface area contributed by atoms with E-state index in [4.69, 9.17) is 5.73 Å². The van der Waals surface area contributed by atoms with Crippen molar-refractivity contribution in [3.63, 3.8) is 0 Å². The van der Waals surface area contributed by atoms with Crippen molar-refractivity contribution < 1.29 is 0 Å². The molecular weight excluding hydrogens is 232 g/mol. The largest absolute Gasteiger partial charge is 0.317 e. The van der Waals surface area contributed by atoms with E-state index in [0.29, 0.717) is 6.67 Å². The Bertz CT molecular complexity index is 128. The number of fused-ring (bicyclic) bond motifs is 3. The van der Waals surface area contributed by atoms with Crippen LogP contribution < -0.4 is 5.73 Å². The summed E-state index contributed by atoms with van der Waals surface area (Å²) in [6, 6.07) is 0. The molecule has 0 amide bonds. The number of nitrogens with zero attached hydrogens (tertiary/aromatic N) is 2. The first-order valence-corrected chi connectivity index (χ1v) is 4.10. The predicted octanol–water partition coefficient (Wildman–Crippen LogP) is 1.11. The molecule has 2 bridgehead atoms. The third kappa shape index (κ3) is 3.42. The van der Waals surface area contributed by atoms with Crippen LogP contribution in [0, 0.1) is 5.92 Å². The van der Waals surface area contributed by atoms with Crippen molar-refractivity contribution in [3.05, 3.63) is 0 Å². The smallest absolute Gasteiger partial charge is 0.0598 e. The molecular formula is C7H18Cl3N3. The lowest BCUT2D eigenvalue weighted by Crippen LogP contribution is -2.57. The van der Waals surface area contributed by atoms with Gasteiger partial charge in [-0.25, -0.2) is 10.0 Å². The number of halogens is 3. The highest BCUT2D eigenvalue weighted by molar-refractivity contribution is 5.86. The molecule has 0 spiro atoms. The van der Waals surface area contributed by atoms with E-state index in [2.05, 4.69) is 10.0 Å². The van der Waals surface area contributed by atoms with Gasteiger partial charge in [0.05, 0.1) is 6.67 Å². The molecule has 3 fully saturated rings. The SMILES string of the molecule is Cl.Cl.Cl.NCN1CC2CCN1CC2. The maximum atomic E-state index is 5.57. The molecule has 3 saturated heterocycles. The van der Waals surface area contributed by atoms with Gasteiger partial charge in [0.15, 0.2) is 0 Å². The first-order valence-electron chi connectivity index (χ1n) is 4.10. The summed E-state index contributed by atoms with van der Waals surface area (Å²) in [6.45, 7) is 4.39. The highest BCUT2D eigenvalue weighted by Crippen LogP contribution is 2.25. The number of hydrogen-bond acceptors (Lipinski definition) is 3. The van der Waals surface area contributed by atoms with Crippen molar-refractivity contribution >= 4 is 37.2 Å². The highest BCUT2D eigenvalue weighted by Gasteiger charge is 2.30. The normalized spacial score (nSPS) is 31.2. The van der Waals surface area contributed by atoms with Crippen molar-refractivity contribution in [1.29, 1.82) is 0 Å². The fraction of sp³-hybridized carbons (Fsp3) is 1.00. The number of hydrazine groups is 1. The maximum absolute atomic E-state index is 5.57. The third-order valence-corrected chi connectivity index (χ3v) is 2.67. The van der Waals surface area contributed by atoms with Gasteiger partial charge in [-0.3, -0.25) is 0 Å². The van der Waals surface area contributed by atoms with Crippen LogP contribution in [0.1, 0.15) is 12.8 Å². The zero-order valence-electron chi connectivity index (χ0n) is 7.52. The Kier molecular flexibility index (Phi) is 8.84. The van der Waals surface area contributed by atoms with Gasteiger partial charge in [-0.2, -0.15) is 0 Å². The van der Waals surface area contributed by atoms with Crippen LogP contribution in [0.25, 0.3) is 0 Å². The van der Waals surface area contributed by atoms with Crippen LogP contribution in [0.4, 0.5) is 0 Å². The standard InChI is InChI=1S/C7H15N3.3ClH/c8-6-10-5-7-1-3-9(10)4-2-7;;;/h7H,1-6,8H2;3*1H. The van der Waals surface area contributed by atoms with Crippen LogP contribution in [0.3, 0.4) is 0 Å². The van der Waals surface area contributed by atoms with Gasteiger partial charge in [0, 0.05) is 19.6 Å². The minimum absolute atomic E-state index is 0. The summed E-state index contributed by atoms with van der Waals surface area (Å²) >= 11 is 0. The summed E-state index contributed by atoms with van der Waals surface area (Å²) in [7, 11) is 0. The second-order valence-corrected chi connectivity index (χ2v) is 3.27. The summed E-state index contributed by atoms with van der Waals surface area (Å²) in [6.07, 6.45) is 2.77. The van der Waals surface area contributed by atoms with Crippen LogP contribution in [0.15, 0.2) is 0 Å². The van der Waals surface area contributed by atoms with E-state index in [0.717, 1.165) is 5.92 Å². The summed E-state index contributed by atoms with van der Waals surface area (Å²) in [5, 5.41) is 4.66. The van der Waals surface area contributed by atoms with Gasteiger partial charge in [0.25, 0.3) is 0 Å². The van der Waals surface area contributed by atoms with Crippen LogP contribution in [-0.4, -0.2) is 36.3 Å². The lowest BCUT2D eigenvalue weighted by atomic mass is 9.95. The number of piperidine rings is 1. The monoisotopic (exact) mass is 249 g/mol. The Hall–Kier alpha value is 0.750. The van der Waals surface area contributed by atoms with Crippen molar-refractivity contribution in [2.75, 3.05) is 26.3 Å². The molecule has 82 valence electrons. The average molecular weight is 251 g/mol. The second-order valence-electron chi connectivity index (χ2n) is 3.27. The van der Waals surface area contributed by atoms with E-state index in [9.17, 15) is 0 Å². The number of rotatable bonds is 1. The van der Waals surface area contributed by atoms with Gasteiger partial charge >= 0.3 is 0 Å². The van der Waals surface area contributed by atoms with Crippen LogP contribution in [-0.2, 0) is 0 Å². The van der Waals surface area contributed by atoms with Gasteiger partial charge in [-0.15, -0.1) is 37.2 Å². The molecule has 0 unspecified atom stereocenters. The molecule has 2 N–H and O–H groups in total. The molecule has 0 aromatic rings. The average Bonchev–Trinajstić information content (AvgIpc) is 2.06. The van der Waals surface area contributed by atoms with Crippen LogP contribution >= 0.6 is 37.2 Å². The summed E-state index contributed by atoms with van der Waals surface area (Å²) in [5.74, 6) is 0.938. The topological polar surface area (TPSA) is 32.5 Å². The molecule has 13 heavy (non-hydrogen) atoms. The molecule has 3 aliphatic rings.